The Labute approximate surface area is 245 Å². The highest BCUT2D eigenvalue weighted by molar-refractivity contribution is 6.38. The summed E-state index contributed by atoms with van der Waals surface area (Å²) in [6.45, 7) is 8.57. The average molecular weight is 584 g/mol. The molecule has 2 fully saturated rings. The Hall–Kier alpha value is -3.01. The maximum atomic E-state index is 13.4. The van der Waals surface area contributed by atoms with Gasteiger partial charge in [0.15, 0.2) is 5.69 Å². The highest BCUT2D eigenvalue weighted by Crippen LogP contribution is 2.46. The molecular weight excluding hydrogens is 545 g/mol. The largest absolute Gasteiger partial charge is 0.493 e. The SMILES string of the molecule is CC(C(=O)N=Nc1c(O)n(CCN2CCCCC2)c2ccc(OCCN3CCCCC3)c(Cl)c12)c1ccc(F)cc1. The molecule has 0 bridgehead atoms. The van der Waals surface area contributed by atoms with Crippen LogP contribution in [0.25, 0.3) is 10.9 Å². The van der Waals surface area contributed by atoms with E-state index in [0.717, 1.165) is 39.3 Å². The molecule has 1 aromatic heterocycles. The number of nitrogens with zero attached hydrogens (tertiary/aromatic N) is 5. The van der Waals surface area contributed by atoms with Crippen LogP contribution in [0.1, 0.15) is 56.9 Å². The van der Waals surface area contributed by atoms with Crippen LogP contribution in [0.2, 0.25) is 5.02 Å². The molecule has 2 aromatic carbocycles. The van der Waals surface area contributed by atoms with Crippen LogP contribution in [0.3, 0.4) is 0 Å². The van der Waals surface area contributed by atoms with Gasteiger partial charge in [0.05, 0.1) is 21.8 Å². The molecule has 1 N–H and O–H groups in total. The molecule has 1 amide bonds. The van der Waals surface area contributed by atoms with Gasteiger partial charge in [-0.05, 0) is 88.6 Å². The van der Waals surface area contributed by atoms with E-state index in [9.17, 15) is 14.3 Å². The molecule has 1 atom stereocenters. The van der Waals surface area contributed by atoms with Crippen molar-refractivity contribution < 1.29 is 19.0 Å². The molecule has 220 valence electrons. The zero-order valence-corrected chi connectivity index (χ0v) is 24.5. The molecule has 5 rings (SSSR count). The fraction of sp³-hybridized carbons (Fsp3) is 0.516. The standard InChI is InChI=1S/C31H39ClFN5O3/c1-22(23-8-10-24(33)11-9-23)30(39)35-34-29-27-25(38(31(29)40)19-18-36-14-4-2-5-15-36)12-13-26(28(27)32)41-21-20-37-16-6-3-7-17-37/h8-13,22,40H,2-7,14-21H2,1H3. The Morgan fingerprint density at radius 2 is 1.59 bits per heavy atom. The van der Waals surface area contributed by atoms with E-state index < -0.39 is 11.8 Å². The van der Waals surface area contributed by atoms with Gasteiger partial charge >= 0.3 is 0 Å². The third-order valence-corrected chi connectivity index (χ3v) is 8.65. The molecule has 2 saturated heterocycles. The fourth-order valence-corrected chi connectivity index (χ4v) is 6.06. The number of hydrogen-bond acceptors (Lipinski definition) is 6. The van der Waals surface area contributed by atoms with E-state index in [1.54, 1.807) is 23.6 Å². The first-order valence-corrected chi connectivity index (χ1v) is 15.1. The molecule has 2 aliphatic rings. The number of fused-ring (bicyclic) bond motifs is 1. The fourth-order valence-electron chi connectivity index (χ4n) is 5.76. The first kappa shape index (κ1) is 29.5. The smallest absolute Gasteiger partial charge is 0.271 e. The van der Waals surface area contributed by atoms with Crippen molar-refractivity contribution in [2.45, 2.75) is 57.9 Å². The Morgan fingerprint density at radius 1 is 0.951 bits per heavy atom. The lowest BCUT2D eigenvalue weighted by molar-refractivity contribution is -0.119. The van der Waals surface area contributed by atoms with Crippen LogP contribution in [0.4, 0.5) is 10.1 Å². The van der Waals surface area contributed by atoms with Crippen LogP contribution in [0.5, 0.6) is 11.6 Å². The van der Waals surface area contributed by atoms with Crippen molar-refractivity contribution >= 4 is 34.1 Å². The van der Waals surface area contributed by atoms with Crippen molar-refractivity contribution in [3.63, 3.8) is 0 Å². The molecule has 41 heavy (non-hydrogen) atoms. The Bertz CT molecular complexity index is 1360. The number of amides is 1. The number of aromatic nitrogens is 1. The van der Waals surface area contributed by atoms with E-state index >= 15 is 0 Å². The van der Waals surface area contributed by atoms with Crippen molar-refractivity contribution in [2.24, 2.45) is 10.2 Å². The van der Waals surface area contributed by atoms with Crippen molar-refractivity contribution in [3.8, 4) is 11.6 Å². The summed E-state index contributed by atoms with van der Waals surface area (Å²) in [5.41, 5.74) is 1.48. The van der Waals surface area contributed by atoms with Crippen LogP contribution in [-0.2, 0) is 11.3 Å². The number of azo groups is 1. The minimum absolute atomic E-state index is 0.0876. The number of ether oxygens (including phenoxy) is 1. The second-order valence-corrected chi connectivity index (χ2v) is 11.4. The third-order valence-electron chi connectivity index (χ3n) is 8.27. The summed E-state index contributed by atoms with van der Waals surface area (Å²) in [6.07, 6.45) is 7.31. The molecule has 10 heteroatoms. The normalized spacial score (nSPS) is 17.8. The second-order valence-electron chi connectivity index (χ2n) is 11.1. The lowest BCUT2D eigenvalue weighted by Crippen LogP contribution is -2.33. The molecule has 0 spiro atoms. The van der Waals surface area contributed by atoms with E-state index in [1.807, 2.05) is 12.1 Å². The van der Waals surface area contributed by atoms with Gasteiger partial charge in [-0.25, -0.2) is 4.39 Å². The zero-order valence-electron chi connectivity index (χ0n) is 23.7. The summed E-state index contributed by atoms with van der Waals surface area (Å²) >= 11 is 6.90. The van der Waals surface area contributed by atoms with E-state index in [-0.39, 0.29) is 17.4 Å². The maximum Gasteiger partial charge on any atom is 0.271 e. The number of rotatable bonds is 10. The van der Waals surface area contributed by atoms with Crippen LogP contribution < -0.4 is 4.74 Å². The minimum Gasteiger partial charge on any atom is -0.493 e. The summed E-state index contributed by atoms with van der Waals surface area (Å²) in [7, 11) is 0. The Morgan fingerprint density at radius 3 is 2.24 bits per heavy atom. The van der Waals surface area contributed by atoms with Crippen LogP contribution in [0, 0.1) is 5.82 Å². The topological polar surface area (TPSA) is 82.7 Å². The van der Waals surface area contributed by atoms with E-state index in [1.165, 1.54) is 50.7 Å². The first-order chi connectivity index (χ1) is 19.9. The van der Waals surface area contributed by atoms with Crippen molar-refractivity contribution in [1.29, 1.82) is 0 Å². The van der Waals surface area contributed by atoms with Crippen molar-refractivity contribution in [1.82, 2.24) is 14.4 Å². The molecule has 0 radical (unpaired) electrons. The Kier molecular flexibility index (Phi) is 9.90. The van der Waals surface area contributed by atoms with Gasteiger partial charge in [-0.1, -0.05) is 36.6 Å². The predicted octanol–water partition coefficient (Wildman–Crippen LogP) is 6.90. The number of carbonyl (C=O) groups is 1. The van der Waals surface area contributed by atoms with Gasteiger partial charge in [0.25, 0.3) is 5.91 Å². The van der Waals surface area contributed by atoms with Crippen LogP contribution >= 0.6 is 11.6 Å². The second kappa shape index (κ2) is 13.8. The maximum absolute atomic E-state index is 13.4. The number of carbonyl (C=O) groups excluding carboxylic acids is 1. The molecule has 3 aromatic rings. The summed E-state index contributed by atoms with van der Waals surface area (Å²) in [6, 6.07) is 9.45. The molecule has 1 unspecified atom stereocenters. The van der Waals surface area contributed by atoms with Crippen molar-refractivity contribution in [3.05, 3.63) is 52.8 Å². The lowest BCUT2D eigenvalue weighted by atomic mass is 10.0. The number of aromatic hydroxyl groups is 1. The van der Waals surface area contributed by atoms with E-state index in [2.05, 4.69) is 20.0 Å². The first-order valence-electron chi connectivity index (χ1n) is 14.7. The number of halogens is 2. The van der Waals surface area contributed by atoms with Gasteiger partial charge in [0, 0.05) is 19.6 Å². The zero-order chi connectivity index (χ0) is 28.8. The van der Waals surface area contributed by atoms with E-state index in [4.69, 9.17) is 16.3 Å². The van der Waals surface area contributed by atoms with Gasteiger partial charge in [-0.2, -0.15) is 0 Å². The molecule has 2 aliphatic heterocycles. The summed E-state index contributed by atoms with van der Waals surface area (Å²) in [4.78, 5) is 17.7. The van der Waals surface area contributed by atoms with E-state index in [0.29, 0.717) is 40.4 Å². The summed E-state index contributed by atoms with van der Waals surface area (Å²) in [5.74, 6) is -1.09. The van der Waals surface area contributed by atoms with Gasteiger partial charge in [-0.3, -0.25) is 9.69 Å². The average Bonchev–Trinajstić information content (AvgIpc) is 3.27. The summed E-state index contributed by atoms with van der Waals surface area (Å²) in [5, 5.41) is 20.4. The van der Waals surface area contributed by atoms with Gasteiger partial charge < -0.3 is 19.3 Å². The van der Waals surface area contributed by atoms with Crippen molar-refractivity contribution in [2.75, 3.05) is 45.9 Å². The monoisotopic (exact) mass is 583 g/mol. The molecular formula is C31H39ClFN5O3. The van der Waals surface area contributed by atoms with Crippen LogP contribution in [-0.4, -0.2) is 71.3 Å². The number of hydrogen-bond donors (Lipinski definition) is 1. The molecule has 8 nitrogen and oxygen atoms in total. The van der Waals surface area contributed by atoms with Gasteiger partial charge in [-0.15, -0.1) is 10.2 Å². The number of benzene rings is 2. The highest BCUT2D eigenvalue weighted by atomic mass is 35.5. The van der Waals surface area contributed by atoms with Gasteiger partial charge in [0.1, 0.15) is 18.2 Å². The number of piperidine rings is 2. The third kappa shape index (κ3) is 7.08. The molecule has 0 aliphatic carbocycles. The van der Waals surface area contributed by atoms with Crippen LogP contribution in [0.15, 0.2) is 46.6 Å². The summed E-state index contributed by atoms with van der Waals surface area (Å²) < 4.78 is 21.2. The molecule has 3 heterocycles. The Balaban J connectivity index is 1.41. The quantitative estimate of drug-likeness (QED) is 0.262. The number of likely N-dealkylation sites (tertiary alicyclic amines) is 2. The van der Waals surface area contributed by atoms with Gasteiger partial charge in [0.2, 0.25) is 5.88 Å². The lowest BCUT2D eigenvalue weighted by Gasteiger charge is -2.26. The highest BCUT2D eigenvalue weighted by Gasteiger charge is 2.24. The predicted molar refractivity (Wildman–Crippen MR) is 159 cm³/mol. The minimum atomic E-state index is -0.627. The molecule has 0 saturated carbocycles.